The Balaban J connectivity index is 2.07. The van der Waals surface area contributed by atoms with Crippen molar-refractivity contribution < 1.29 is 19.4 Å². The monoisotopic (exact) mass is 310 g/mol. The summed E-state index contributed by atoms with van der Waals surface area (Å²) in [5, 5.41) is 10.3. The van der Waals surface area contributed by atoms with Gasteiger partial charge >= 0.3 is 5.97 Å². The van der Waals surface area contributed by atoms with E-state index in [-0.39, 0.29) is 0 Å². The summed E-state index contributed by atoms with van der Waals surface area (Å²) >= 11 is 6.26. The third-order valence-electron chi connectivity index (χ3n) is 4.56. The lowest BCUT2D eigenvalue weighted by molar-refractivity contribution is -0.197. The summed E-state index contributed by atoms with van der Waals surface area (Å²) in [4.78, 5) is 11.9. The number of aliphatic carboxylic acids is 1. The molecule has 114 valence electrons. The van der Waals surface area contributed by atoms with E-state index < -0.39 is 23.5 Å². The lowest BCUT2D eigenvalue weighted by Gasteiger charge is -2.28. The van der Waals surface area contributed by atoms with Crippen LogP contribution in [0.25, 0.3) is 0 Å². The molecule has 1 spiro atoms. The summed E-state index contributed by atoms with van der Waals surface area (Å²) in [6.07, 6.45) is 3.13. The van der Waals surface area contributed by atoms with Crippen molar-refractivity contribution in [2.45, 2.75) is 56.5 Å². The zero-order valence-corrected chi connectivity index (χ0v) is 12.7. The Morgan fingerprint density at radius 3 is 2.62 bits per heavy atom. The van der Waals surface area contributed by atoms with Crippen molar-refractivity contribution in [3.05, 3.63) is 34.9 Å². The average Bonchev–Trinajstić information content (AvgIpc) is 3.05. The van der Waals surface area contributed by atoms with Crippen molar-refractivity contribution in [2.24, 2.45) is 0 Å². The van der Waals surface area contributed by atoms with Crippen molar-refractivity contribution in [1.29, 1.82) is 0 Å². The van der Waals surface area contributed by atoms with Crippen LogP contribution in [0.3, 0.4) is 0 Å². The Labute approximate surface area is 129 Å². The van der Waals surface area contributed by atoms with E-state index in [0.29, 0.717) is 17.0 Å². The first-order chi connectivity index (χ1) is 10.0. The second-order valence-electron chi connectivity index (χ2n) is 5.79. The van der Waals surface area contributed by atoms with Crippen LogP contribution in [-0.4, -0.2) is 22.5 Å². The standard InChI is InChI=1S/C16H19ClO4/c1-2-16(14(18)19)13(11-7-3-4-8-12(11)17)20-15(21-16)9-5-6-10-15/h3-4,7-8,13H,2,5-6,9-10H2,1H3,(H,18,19)/t13-,16+/m0/s1. The van der Waals surface area contributed by atoms with E-state index in [9.17, 15) is 9.90 Å². The normalized spacial score (nSPS) is 30.9. The van der Waals surface area contributed by atoms with E-state index in [1.165, 1.54) is 0 Å². The van der Waals surface area contributed by atoms with Crippen molar-refractivity contribution in [3.63, 3.8) is 0 Å². The highest BCUT2D eigenvalue weighted by molar-refractivity contribution is 6.31. The van der Waals surface area contributed by atoms with Crippen LogP contribution in [0.1, 0.15) is 50.7 Å². The molecule has 21 heavy (non-hydrogen) atoms. The second-order valence-corrected chi connectivity index (χ2v) is 6.19. The van der Waals surface area contributed by atoms with Gasteiger partial charge in [0.15, 0.2) is 11.4 Å². The summed E-state index contributed by atoms with van der Waals surface area (Å²) in [6, 6.07) is 7.23. The molecule has 0 aromatic heterocycles. The number of rotatable bonds is 3. The second kappa shape index (κ2) is 5.27. The molecule has 0 radical (unpaired) electrons. The minimum Gasteiger partial charge on any atom is -0.479 e. The molecule has 1 aliphatic carbocycles. The maximum atomic E-state index is 11.9. The Morgan fingerprint density at radius 2 is 2.05 bits per heavy atom. The summed E-state index contributed by atoms with van der Waals surface area (Å²) in [5.74, 6) is -1.75. The number of hydrogen-bond donors (Lipinski definition) is 1. The van der Waals surface area contributed by atoms with Gasteiger partial charge in [-0.25, -0.2) is 4.79 Å². The molecule has 0 amide bonds. The van der Waals surface area contributed by atoms with E-state index in [4.69, 9.17) is 21.1 Å². The number of carboxylic acid groups (broad SMARTS) is 1. The van der Waals surface area contributed by atoms with Gasteiger partial charge in [0.2, 0.25) is 0 Å². The Kier molecular flexibility index (Phi) is 3.72. The third kappa shape index (κ3) is 2.26. The van der Waals surface area contributed by atoms with Gasteiger partial charge in [0, 0.05) is 23.4 Å². The smallest absolute Gasteiger partial charge is 0.339 e. The van der Waals surface area contributed by atoms with Gasteiger partial charge in [0.1, 0.15) is 6.10 Å². The molecular formula is C16H19ClO4. The molecule has 1 aliphatic heterocycles. The molecule has 2 fully saturated rings. The van der Waals surface area contributed by atoms with Gasteiger partial charge in [-0.05, 0) is 25.3 Å². The topological polar surface area (TPSA) is 55.8 Å². The maximum absolute atomic E-state index is 11.9. The highest BCUT2D eigenvalue weighted by Crippen LogP contribution is 2.54. The fraction of sp³-hybridized carbons (Fsp3) is 0.562. The predicted octanol–water partition coefficient (Wildman–Crippen LogP) is 3.93. The van der Waals surface area contributed by atoms with Crippen molar-refractivity contribution >= 4 is 17.6 Å². The lowest BCUT2D eigenvalue weighted by atomic mass is 9.89. The van der Waals surface area contributed by atoms with Gasteiger partial charge in [-0.3, -0.25) is 0 Å². The number of carboxylic acids is 1. The molecule has 1 saturated heterocycles. The van der Waals surface area contributed by atoms with E-state index >= 15 is 0 Å². The van der Waals surface area contributed by atoms with Gasteiger partial charge in [-0.2, -0.15) is 0 Å². The van der Waals surface area contributed by atoms with Gasteiger partial charge in [0.05, 0.1) is 0 Å². The third-order valence-corrected chi connectivity index (χ3v) is 4.91. The molecule has 5 heteroatoms. The first kappa shape index (κ1) is 14.8. The van der Waals surface area contributed by atoms with Crippen LogP contribution < -0.4 is 0 Å². The largest absolute Gasteiger partial charge is 0.479 e. The Bertz CT molecular complexity index is 553. The van der Waals surface area contributed by atoms with E-state index in [1.54, 1.807) is 6.07 Å². The zero-order valence-electron chi connectivity index (χ0n) is 12.0. The summed E-state index contributed by atoms with van der Waals surface area (Å²) in [7, 11) is 0. The van der Waals surface area contributed by atoms with Crippen LogP contribution in [0.5, 0.6) is 0 Å². The molecule has 4 nitrogen and oxygen atoms in total. The number of ether oxygens (including phenoxy) is 2. The number of benzene rings is 1. The van der Waals surface area contributed by atoms with E-state index in [0.717, 1.165) is 25.7 Å². The Morgan fingerprint density at radius 1 is 1.38 bits per heavy atom. The summed E-state index contributed by atoms with van der Waals surface area (Å²) in [5.41, 5.74) is -0.679. The Hall–Kier alpha value is -1.10. The van der Waals surface area contributed by atoms with Gasteiger partial charge in [0.25, 0.3) is 0 Å². The SMILES string of the molecule is CC[C@@]1(C(=O)O)OC2(CCCC2)O[C@H]1c1ccccc1Cl. The number of halogens is 1. The fourth-order valence-electron chi connectivity index (χ4n) is 3.42. The van der Waals surface area contributed by atoms with E-state index in [1.807, 2.05) is 25.1 Å². The zero-order chi connectivity index (χ0) is 15.1. The first-order valence-electron chi connectivity index (χ1n) is 7.39. The minimum absolute atomic E-state index is 0.333. The maximum Gasteiger partial charge on any atom is 0.339 e. The highest BCUT2D eigenvalue weighted by atomic mass is 35.5. The average molecular weight is 311 g/mol. The van der Waals surface area contributed by atoms with Gasteiger partial charge in [-0.1, -0.05) is 36.7 Å². The molecular weight excluding hydrogens is 292 g/mol. The van der Waals surface area contributed by atoms with Crippen molar-refractivity contribution in [2.75, 3.05) is 0 Å². The quantitative estimate of drug-likeness (QED) is 0.919. The van der Waals surface area contributed by atoms with Crippen LogP contribution in [-0.2, 0) is 14.3 Å². The van der Waals surface area contributed by atoms with Crippen molar-refractivity contribution in [3.8, 4) is 0 Å². The molecule has 2 aliphatic rings. The summed E-state index contributed by atoms with van der Waals surface area (Å²) < 4.78 is 12.2. The van der Waals surface area contributed by atoms with Crippen LogP contribution in [0, 0.1) is 0 Å². The first-order valence-corrected chi connectivity index (χ1v) is 7.77. The van der Waals surface area contributed by atoms with E-state index in [2.05, 4.69) is 0 Å². The summed E-state index contributed by atoms with van der Waals surface area (Å²) in [6.45, 7) is 1.81. The molecule has 1 heterocycles. The fourth-order valence-corrected chi connectivity index (χ4v) is 3.65. The molecule has 1 aromatic rings. The molecule has 0 unspecified atom stereocenters. The molecule has 1 N–H and O–H groups in total. The van der Waals surface area contributed by atoms with Crippen molar-refractivity contribution in [1.82, 2.24) is 0 Å². The van der Waals surface area contributed by atoms with Gasteiger partial charge in [-0.15, -0.1) is 0 Å². The van der Waals surface area contributed by atoms with Crippen LogP contribution >= 0.6 is 11.6 Å². The molecule has 0 bridgehead atoms. The molecule has 1 saturated carbocycles. The highest BCUT2D eigenvalue weighted by Gasteiger charge is 2.62. The van der Waals surface area contributed by atoms with Gasteiger partial charge < -0.3 is 14.6 Å². The molecule has 3 rings (SSSR count). The van der Waals surface area contributed by atoms with Crippen LogP contribution in [0.4, 0.5) is 0 Å². The minimum atomic E-state index is -1.37. The lowest BCUT2D eigenvalue weighted by Crippen LogP contribution is -2.44. The number of hydrogen-bond acceptors (Lipinski definition) is 3. The molecule has 1 aromatic carbocycles. The van der Waals surface area contributed by atoms with Crippen LogP contribution in [0.2, 0.25) is 5.02 Å². The number of carbonyl (C=O) groups is 1. The molecule has 2 atom stereocenters. The van der Waals surface area contributed by atoms with Crippen LogP contribution in [0.15, 0.2) is 24.3 Å². The predicted molar refractivity (Wildman–Crippen MR) is 78.2 cm³/mol.